The average molecular weight is 311 g/mol. The molecule has 3 N–H and O–H groups in total. The number of nitrogens with one attached hydrogen (secondary N) is 1. The molecule has 0 saturated heterocycles. The molecular weight excluding hydrogens is 295 g/mol. The van der Waals surface area contributed by atoms with Gasteiger partial charge in [0.25, 0.3) is 0 Å². The third kappa shape index (κ3) is 3.27. The lowest BCUT2D eigenvalue weighted by atomic mass is 9.98. The van der Waals surface area contributed by atoms with E-state index in [1.807, 2.05) is 32.0 Å². The third-order valence-corrected chi connectivity index (χ3v) is 4.03. The number of aryl methyl sites for hydroxylation is 2. The van der Waals surface area contributed by atoms with Gasteiger partial charge in [-0.2, -0.15) is 10.2 Å². The minimum atomic E-state index is -0.0971. The van der Waals surface area contributed by atoms with E-state index in [0.29, 0.717) is 16.5 Å². The Morgan fingerprint density at radius 1 is 1.25 bits per heavy atom. The highest BCUT2D eigenvalue weighted by molar-refractivity contribution is 6.42. The fourth-order valence-corrected chi connectivity index (χ4v) is 2.50. The van der Waals surface area contributed by atoms with Gasteiger partial charge in [0.05, 0.1) is 27.5 Å². The predicted octanol–water partition coefficient (Wildman–Crippen LogP) is 3.15. The monoisotopic (exact) mass is 310 g/mol. The highest BCUT2D eigenvalue weighted by Gasteiger charge is 2.17. The summed E-state index contributed by atoms with van der Waals surface area (Å²) in [7, 11) is 0. The zero-order valence-electron chi connectivity index (χ0n) is 11.3. The van der Waals surface area contributed by atoms with Gasteiger partial charge >= 0.3 is 0 Å². The first-order chi connectivity index (χ1) is 9.52. The van der Waals surface area contributed by atoms with Crippen molar-refractivity contribution in [2.45, 2.75) is 26.3 Å². The van der Waals surface area contributed by atoms with Crippen molar-refractivity contribution in [3.63, 3.8) is 0 Å². The molecule has 0 aliphatic heterocycles. The van der Waals surface area contributed by atoms with Crippen molar-refractivity contribution >= 4 is 23.2 Å². The van der Waals surface area contributed by atoms with Gasteiger partial charge in [-0.3, -0.25) is 11.3 Å². The van der Waals surface area contributed by atoms with Crippen molar-refractivity contribution in [2.24, 2.45) is 5.84 Å². The van der Waals surface area contributed by atoms with E-state index in [0.717, 1.165) is 22.5 Å². The van der Waals surface area contributed by atoms with Gasteiger partial charge in [0.2, 0.25) is 0 Å². The molecule has 0 aliphatic carbocycles. The summed E-state index contributed by atoms with van der Waals surface area (Å²) in [4.78, 5) is 0. The minimum Gasteiger partial charge on any atom is -0.271 e. The van der Waals surface area contributed by atoms with Gasteiger partial charge in [0.15, 0.2) is 0 Å². The Kier molecular flexibility index (Phi) is 4.94. The Morgan fingerprint density at radius 3 is 2.70 bits per heavy atom. The van der Waals surface area contributed by atoms with Gasteiger partial charge in [0, 0.05) is 0 Å². The number of rotatable bonds is 4. The molecule has 6 heteroatoms. The van der Waals surface area contributed by atoms with Gasteiger partial charge < -0.3 is 0 Å². The number of nitrogens with zero attached hydrogens (tertiary/aromatic N) is 2. The Balaban J connectivity index is 2.34. The van der Waals surface area contributed by atoms with Crippen LogP contribution in [0.15, 0.2) is 24.3 Å². The number of hydrogen-bond donors (Lipinski definition) is 2. The number of hydrazine groups is 1. The number of hydrogen-bond acceptors (Lipinski definition) is 4. The van der Waals surface area contributed by atoms with Gasteiger partial charge in [-0.15, -0.1) is 0 Å². The van der Waals surface area contributed by atoms with Crippen molar-refractivity contribution < 1.29 is 0 Å². The van der Waals surface area contributed by atoms with E-state index in [1.54, 1.807) is 6.07 Å². The van der Waals surface area contributed by atoms with Crippen molar-refractivity contribution in [2.75, 3.05) is 0 Å². The van der Waals surface area contributed by atoms with Crippen molar-refractivity contribution in [3.8, 4) is 0 Å². The van der Waals surface area contributed by atoms with Crippen LogP contribution in [-0.2, 0) is 6.42 Å². The average Bonchev–Trinajstić information content (AvgIpc) is 2.43. The first-order valence-corrected chi connectivity index (χ1v) is 6.98. The molecule has 0 amide bonds. The molecular formula is C14H16Cl2N4. The standard InChI is InChI=1S/C14H16Cl2N4/c1-8-6-11(9(2)20-19-8)13(18-17)7-10-4-3-5-12(15)14(10)16/h3-6,13,18H,7,17H2,1-2H3. The molecule has 0 saturated carbocycles. The van der Waals surface area contributed by atoms with Crippen LogP contribution in [0.2, 0.25) is 10.0 Å². The molecule has 20 heavy (non-hydrogen) atoms. The Labute approximate surface area is 128 Å². The Bertz CT molecular complexity index is 616. The maximum absolute atomic E-state index is 6.22. The highest BCUT2D eigenvalue weighted by atomic mass is 35.5. The van der Waals surface area contributed by atoms with Crippen LogP contribution in [0.1, 0.15) is 28.6 Å². The second kappa shape index (κ2) is 6.50. The maximum atomic E-state index is 6.22. The fourth-order valence-electron chi connectivity index (χ4n) is 2.11. The molecule has 1 aromatic heterocycles. The normalized spacial score (nSPS) is 12.4. The van der Waals surface area contributed by atoms with E-state index in [-0.39, 0.29) is 6.04 Å². The third-order valence-electron chi connectivity index (χ3n) is 3.17. The summed E-state index contributed by atoms with van der Waals surface area (Å²) < 4.78 is 0. The van der Waals surface area contributed by atoms with Gasteiger partial charge in [-0.1, -0.05) is 35.3 Å². The van der Waals surface area contributed by atoms with Gasteiger partial charge in [0.1, 0.15) is 0 Å². The van der Waals surface area contributed by atoms with E-state index < -0.39 is 0 Å². The number of aromatic nitrogens is 2. The Hall–Kier alpha value is -1.20. The number of nitrogens with two attached hydrogens (primary N) is 1. The van der Waals surface area contributed by atoms with Gasteiger partial charge in [-0.05, 0) is 43.5 Å². The van der Waals surface area contributed by atoms with E-state index in [1.165, 1.54) is 0 Å². The van der Waals surface area contributed by atoms with Crippen LogP contribution in [0.3, 0.4) is 0 Å². The summed E-state index contributed by atoms with van der Waals surface area (Å²) >= 11 is 12.3. The summed E-state index contributed by atoms with van der Waals surface area (Å²) in [5.41, 5.74) is 6.46. The molecule has 0 aliphatic rings. The van der Waals surface area contributed by atoms with E-state index in [4.69, 9.17) is 29.0 Å². The lowest BCUT2D eigenvalue weighted by molar-refractivity contribution is 0.544. The molecule has 1 aromatic carbocycles. The van der Waals surface area contributed by atoms with Crippen LogP contribution < -0.4 is 11.3 Å². The molecule has 0 radical (unpaired) electrons. The number of halogens is 2. The van der Waals surface area contributed by atoms with Crippen LogP contribution in [0.4, 0.5) is 0 Å². The molecule has 106 valence electrons. The predicted molar refractivity (Wildman–Crippen MR) is 81.7 cm³/mol. The maximum Gasteiger partial charge on any atom is 0.0648 e. The van der Waals surface area contributed by atoms with Crippen molar-refractivity contribution in [1.82, 2.24) is 15.6 Å². The Morgan fingerprint density at radius 2 is 2.00 bits per heavy atom. The second-order valence-corrected chi connectivity index (χ2v) is 5.45. The molecule has 4 nitrogen and oxygen atoms in total. The smallest absolute Gasteiger partial charge is 0.0648 e. The summed E-state index contributed by atoms with van der Waals surface area (Å²) in [6, 6.07) is 7.46. The molecule has 1 atom stereocenters. The quantitative estimate of drug-likeness (QED) is 0.672. The second-order valence-electron chi connectivity index (χ2n) is 4.66. The first kappa shape index (κ1) is 15.2. The van der Waals surface area contributed by atoms with E-state index in [9.17, 15) is 0 Å². The summed E-state index contributed by atoms with van der Waals surface area (Å²) in [6.45, 7) is 3.81. The first-order valence-electron chi connectivity index (χ1n) is 6.22. The lowest BCUT2D eigenvalue weighted by Gasteiger charge is -2.19. The molecule has 2 aromatic rings. The largest absolute Gasteiger partial charge is 0.271 e. The van der Waals surface area contributed by atoms with E-state index in [2.05, 4.69) is 15.6 Å². The van der Waals surface area contributed by atoms with Crippen molar-refractivity contribution in [1.29, 1.82) is 0 Å². The van der Waals surface area contributed by atoms with Crippen LogP contribution in [-0.4, -0.2) is 10.2 Å². The molecule has 0 spiro atoms. The lowest BCUT2D eigenvalue weighted by Crippen LogP contribution is -2.30. The van der Waals surface area contributed by atoms with Crippen molar-refractivity contribution in [3.05, 3.63) is 56.8 Å². The fraction of sp³-hybridized carbons (Fsp3) is 0.286. The van der Waals surface area contributed by atoms with Crippen LogP contribution >= 0.6 is 23.2 Å². The zero-order valence-corrected chi connectivity index (χ0v) is 12.8. The topological polar surface area (TPSA) is 63.8 Å². The van der Waals surface area contributed by atoms with E-state index >= 15 is 0 Å². The van der Waals surface area contributed by atoms with Gasteiger partial charge in [-0.25, -0.2) is 0 Å². The highest BCUT2D eigenvalue weighted by Crippen LogP contribution is 2.29. The number of benzene rings is 1. The van der Waals surface area contributed by atoms with Crippen LogP contribution in [0.5, 0.6) is 0 Å². The molecule has 0 bridgehead atoms. The summed E-state index contributed by atoms with van der Waals surface area (Å²) in [5, 5.41) is 9.26. The SMILES string of the molecule is Cc1cc(C(Cc2cccc(Cl)c2Cl)NN)c(C)nn1. The molecule has 1 heterocycles. The minimum absolute atomic E-state index is 0.0971. The van der Waals surface area contributed by atoms with Crippen LogP contribution in [0, 0.1) is 13.8 Å². The molecule has 2 rings (SSSR count). The molecule has 0 fully saturated rings. The summed E-state index contributed by atoms with van der Waals surface area (Å²) in [6.07, 6.45) is 0.627. The zero-order chi connectivity index (χ0) is 14.7. The summed E-state index contributed by atoms with van der Waals surface area (Å²) in [5.74, 6) is 5.69. The van der Waals surface area contributed by atoms with Crippen LogP contribution in [0.25, 0.3) is 0 Å². The molecule has 1 unspecified atom stereocenters.